The first kappa shape index (κ1) is 18.6. The van der Waals surface area contributed by atoms with Gasteiger partial charge in [0.05, 0.1) is 0 Å². The van der Waals surface area contributed by atoms with Gasteiger partial charge in [0.1, 0.15) is 5.75 Å². The van der Waals surface area contributed by atoms with Crippen molar-refractivity contribution in [3.8, 4) is 5.75 Å². The number of benzene rings is 2. The van der Waals surface area contributed by atoms with Crippen LogP contribution < -0.4 is 10.1 Å². The summed E-state index contributed by atoms with van der Waals surface area (Å²) >= 11 is 12.1. The van der Waals surface area contributed by atoms with Gasteiger partial charge in [-0.2, -0.15) is 0 Å². The maximum atomic E-state index is 12.5. The van der Waals surface area contributed by atoms with Crippen LogP contribution in [0.4, 0.5) is 5.69 Å². The summed E-state index contributed by atoms with van der Waals surface area (Å²) < 4.78 is 5.68. The Hall–Kier alpha value is -1.71. The Bertz CT molecular complexity index is 714. The zero-order chi connectivity index (χ0) is 17.7. The van der Waals surface area contributed by atoms with Crippen LogP contribution >= 0.6 is 23.2 Å². The van der Waals surface area contributed by atoms with Gasteiger partial charge >= 0.3 is 0 Å². The number of nitrogens with one attached hydrogen (secondary N) is 1. The van der Waals surface area contributed by atoms with Gasteiger partial charge in [-0.1, -0.05) is 43.1 Å². The SMILES string of the molecule is CCc1ccc(Cl)c(CC)c1NC(=O)[C@@H](C)Oc1ccc(Cl)cc1. The molecule has 24 heavy (non-hydrogen) atoms. The first-order valence-corrected chi connectivity index (χ1v) is 8.75. The second-order valence-corrected chi connectivity index (χ2v) is 6.31. The van der Waals surface area contributed by atoms with Gasteiger partial charge in [-0.25, -0.2) is 0 Å². The van der Waals surface area contributed by atoms with Crippen molar-refractivity contribution in [1.82, 2.24) is 0 Å². The molecule has 2 aromatic carbocycles. The predicted molar refractivity (Wildman–Crippen MR) is 100 cm³/mol. The van der Waals surface area contributed by atoms with Crippen molar-refractivity contribution < 1.29 is 9.53 Å². The van der Waals surface area contributed by atoms with Crippen LogP contribution in [-0.4, -0.2) is 12.0 Å². The molecule has 0 unspecified atom stereocenters. The molecule has 0 saturated heterocycles. The van der Waals surface area contributed by atoms with E-state index in [-0.39, 0.29) is 5.91 Å². The zero-order valence-electron chi connectivity index (χ0n) is 14.0. The monoisotopic (exact) mass is 365 g/mol. The summed E-state index contributed by atoms with van der Waals surface area (Å²) in [5.74, 6) is 0.385. The molecule has 5 heteroatoms. The highest BCUT2D eigenvalue weighted by atomic mass is 35.5. The molecule has 3 nitrogen and oxygen atoms in total. The van der Waals surface area contributed by atoms with Crippen molar-refractivity contribution >= 4 is 34.8 Å². The minimum absolute atomic E-state index is 0.211. The van der Waals surface area contributed by atoms with Gasteiger partial charge in [0.15, 0.2) is 6.10 Å². The maximum Gasteiger partial charge on any atom is 0.265 e. The van der Waals surface area contributed by atoms with Crippen molar-refractivity contribution in [3.63, 3.8) is 0 Å². The number of aryl methyl sites for hydroxylation is 1. The van der Waals surface area contributed by atoms with Crippen molar-refractivity contribution in [2.45, 2.75) is 39.7 Å². The highest BCUT2D eigenvalue weighted by Gasteiger charge is 2.19. The molecule has 1 atom stereocenters. The Morgan fingerprint density at radius 2 is 1.75 bits per heavy atom. The van der Waals surface area contributed by atoms with Crippen molar-refractivity contribution in [2.75, 3.05) is 5.32 Å². The van der Waals surface area contributed by atoms with Crippen LogP contribution in [0.5, 0.6) is 5.75 Å². The van der Waals surface area contributed by atoms with E-state index in [4.69, 9.17) is 27.9 Å². The summed E-state index contributed by atoms with van der Waals surface area (Å²) in [6.07, 6.45) is 0.917. The van der Waals surface area contributed by atoms with E-state index < -0.39 is 6.10 Å². The van der Waals surface area contributed by atoms with Crippen molar-refractivity contribution in [2.24, 2.45) is 0 Å². The quantitative estimate of drug-likeness (QED) is 0.731. The number of hydrogen-bond donors (Lipinski definition) is 1. The summed E-state index contributed by atoms with van der Waals surface area (Å²) in [6, 6.07) is 10.7. The molecule has 2 rings (SSSR count). The van der Waals surface area contributed by atoms with Crippen LogP contribution in [0, 0.1) is 0 Å². The van der Waals surface area contributed by atoms with E-state index in [0.717, 1.165) is 29.7 Å². The third kappa shape index (κ3) is 4.43. The van der Waals surface area contributed by atoms with E-state index in [2.05, 4.69) is 5.32 Å². The second-order valence-electron chi connectivity index (χ2n) is 5.47. The number of anilines is 1. The average molecular weight is 366 g/mol. The van der Waals surface area contributed by atoms with Crippen LogP contribution in [0.1, 0.15) is 31.9 Å². The molecule has 0 aromatic heterocycles. The van der Waals surface area contributed by atoms with Crippen LogP contribution in [0.2, 0.25) is 10.0 Å². The van der Waals surface area contributed by atoms with Crippen LogP contribution in [-0.2, 0) is 17.6 Å². The lowest BCUT2D eigenvalue weighted by molar-refractivity contribution is -0.122. The standard InChI is InChI=1S/C19H21Cl2NO2/c1-4-13-6-11-17(21)16(5-2)18(13)22-19(23)12(3)24-15-9-7-14(20)8-10-15/h6-12H,4-5H2,1-3H3,(H,22,23)/t12-/m1/s1. The molecule has 0 heterocycles. The fraction of sp³-hybridized carbons (Fsp3) is 0.316. The highest BCUT2D eigenvalue weighted by molar-refractivity contribution is 6.32. The fourth-order valence-electron chi connectivity index (χ4n) is 2.46. The van der Waals surface area contributed by atoms with E-state index >= 15 is 0 Å². The number of carbonyl (C=O) groups is 1. The summed E-state index contributed by atoms with van der Waals surface area (Å²) in [4.78, 5) is 12.5. The van der Waals surface area contributed by atoms with Crippen molar-refractivity contribution in [1.29, 1.82) is 0 Å². The lowest BCUT2D eigenvalue weighted by Gasteiger charge is -2.19. The third-order valence-corrected chi connectivity index (χ3v) is 4.43. The number of rotatable bonds is 6. The molecule has 0 bridgehead atoms. The number of carbonyl (C=O) groups excluding carboxylic acids is 1. The Labute approximate surface area is 152 Å². The highest BCUT2D eigenvalue weighted by Crippen LogP contribution is 2.29. The zero-order valence-corrected chi connectivity index (χ0v) is 15.5. The minimum atomic E-state index is -0.639. The molecule has 0 aliphatic carbocycles. The van der Waals surface area contributed by atoms with Gasteiger partial charge in [0.2, 0.25) is 0 Å². The van der Waals surface area contributed by atoms with E-state index in [1.807, 2.05) is 26.0 Å². The summed E-state index contributed by atoms with van der Waals surface area (Å²) in [5, 5.41) is 4.27. The second kappa shape index (κ2) is 8.41. The molecular weight excluding hydrogens is 345 g/mol. The number of hydrogen-bond acceptors (Lipinski definition) is 2. The molecule has 128 valence electrons. The first-order valence-electron chi connectivity index (χ1n) is 7.99. The molecule has 0 spiro atoms. The smallest absolute Gasteiger partial charge is 0.265 e. The Morgan fingerprint density at radius 3 is 2.33 bits per heavy atom. The average Bonchev–Trinajstić information content (AvgIpc) is 2.57. The molecule has 0 aliphatic rings. The van der Waals surface area contributed by atoms with Gasteiger partial charge in [-0.3, -0.25) is 4.79 Å². The molecule has 2 aromatic rings. The van der Waals surface area contributed by atoms with Crippen LogP contribution in [0.25, 0.3) is 0 Å². The largest absolute Gasteiger partial charge is 0.481 e. The number of amides is 1. The van der Waals surface area contributed by atoms with Gasteiger partial charge in [0.25, 0.3) is 5.91 Å². The summed E-state index contributed by atoms with van der Waals surface area (Å²) in [7, 11) is 0. The third-order valence-electron chi connectivity index (χ3n) is 3.82. The van der Waals surface area contributed by atoms with E-state index in [9.17, 15) is 4.79 Å². The molecule has 1 amide bonds. The van der Waals surface area contributed by atoms with Gasteiger partial charge in [-0.15, -0.1) is 0 Å². The first-order chi connectivity index (χ1) is 11.5. The van der Waals surface area contributed by atoms with Crippen LogP contribution in [0.3, 0.4) is 0 Å². The normalized spacial score (nSPS) is 11.9. The molecular formula is C19H21Cl2NO2. The molecule has 0 aliphatic heterocycles. The van der Waals surface area contributed by atoms with Gasteiger partial charge in [-0.05, 0) is 61.2 Å². The fourth-order valence-corrected chi connectivity index (χ4v) is 2.88. The molecule has 0 radical (unpaired) electrons. The van der Waals surface area contributed by atoms with Crippen molar-refractivity contribution in [3.05, 3.63) is 57.6 Å². The van der Waals surface area contributed by atoms with Gasteiger partial charge in [0, 0.05) is 15.7 Å². The molecule has 0 saturated carbocycles. The predicted octanol–water partition coefficient (Wildman–Crippen LogP) is 5.52. The minimum Gasteiger partial charge on any atom is -0.481 e. The Balaban J connectivity index is 2.16. The van der Waals surface area contributed by atoms with E-state index in [1.54, 1.807) is 31.2 Å². The van der Waals surface area contributed by atoms with Gasteiger partial charge < -0.3 is 10.1 Å². The maximum absolute atomic E-state index is 12.5. The molecule has 0 fully saturated rings. The van der Waals surface area contributed by atoms with Crippen LogP contribution in [0.15, 0.2) is 36.4 Å². The van der Waals surface area contributed by atoms with E-state index in [0.29, 0.717) is 15.8 Å². The topological polar surface area (TPSA) is 38.3 Å². The summed E-state index contributed by atoms with van der Waals surface area (Å²) in [5.41, 5.74) is 2.80. The number of ether oxygens (including phenoxy) is 1. The number of halogens is 2. The van der Waals surface area contributed by atoms with E-state index in [1.165, 1.54) is 0 Å². The molecule has 1 N–H and O–H groups in total. The Morgan fingerprint density at radius 1 is 1.08 bits per heavy atom. The lowest BCUT2D eigenvalue weighted by atomic mass is 10.0. The summed E-state index contributed by atoms with van der Waals surface area (Å²) in [6.45, 7) is 5.78. The lowest BCUT2D eigenvalue weighted by Crippen LogP contribution is -2.31. The Kier molecular flexibility index (Phi) is 6.52.